The molecule has 0 bridgehead atoms. The first-order chi connectivity index (χ1) is 8.38. The van der Waals surface area contributed by atoms with Crippen molar-refractivity contribution in [1.82, 2.24) is 0 Å². The van der Waals surface area contributed by atoms with Gasteiger partial charge in [-0.05, 0) is 38.1 Å². The molecule has 1 rings (SSSR count). The molecule has 0 aliphatic heterocycles. The maximum atomic E-state index is 5.53. The molecule has 0 aliphatic rings. The molecule has 0 aromatic heterocycles. The number of nitrogens with zero attached hydrogens (tertiary/aromatic N) is 1. The minimum atomic E-state index is 0.742. The highest BCUT2D eigenvalue weighted by Crippen LogP contribution is 2.13. The molecule has 0 unspecified atom stereocenters. The summed E-state index contributed by atoms with van der Waals surface area (Å²) in [5.74, 6) is 0. The largest absolute Gasteiger partial charge is 0.371 e. The van der Waals surface area contributed by atoms with Gasteiger partial charge in [0.1, 0.15) is 0 Å². The van der Waals surface area contributed by atoms with Crippen LogP contribution in [0, 0.1) is 0 Å². The van der Waals surface area contributed by atoms with Crippen LogP contribution >= 0.6 is 0 Å². The first-order valence-electron chi connectivity index (χ1n) is 6.58. The maximum Gasteiger partial charge on any atom is 0.0366 e. The topological polar surface area (TPSA) is 55.3 Å². The zero-order valence-electron chi connectivity index (χ0n) is 11.2. The molecule has 0 heterocycles. The molecule has 0 spiro atoms. The van der Waals surface area contributed by atoms with Gasteiger partial charge in [0.05, 0.1) is 0 Å². The van der Waals surface area contributed by atoms with Gasteiger partial charge in [0, 0.05) is 18.8 Å². The highest BCUT2D eigenvalue weighted by molar-refractivity contribution is 5.45. The van der Waals surface area contributed by atoms with Crippen molar-refractivity contribution in [2.24, 2.45) is 11.5 Å². The summed E-state index contributed by atoms with van der Waals surface area (Å²) in [6.45, 7) is 7.51. The van der Waals surface area contributed by atoms with E-state index in [1.54, 1.807) is 0 Å². The van der Waals surface area contributed by atoms with E-state index in [2.05, 4.69) is 29.2 Å². The predicted octanol–water partition coefficient (Wildman–Crippen LogP) is 2.22. The standard InChI is InChI=1S/C12H21N3.C2H6/c13-8-4-10-15(11-5-9-14)12-6-2-1-3-7-12;1-2/h1-3,6-7H,4-5,8-11,13-14H2;1-2H3. The maximum absolute atomic E-state index is 5.53. The molecule has 0 amide bonds. The van der Waals surface area contributed by atoms with Crippen LogP contribution in [0.4, 0.5) is 5.69 Å². The quantitative estimate of drug-likeness (QED) is 0.764. The number of benzene rings is 1. The lowest BCUT2D eigenvalue weighted by atomic mass is 10.2. The van der Waals surface area contributed by atoms with Crippen molar-refractivity contribution in [3.63, 3.8) is 0 Å². The normalized spacial score (nSPS) is 9.41. The number of anilines is 1. The molecule has 0 aliphatic carbocycles. The van der Waals surface area contributed by atoms with E-state index >= 15 is 0 Å². The van der Waals surface area contributed by atoms with Gasteiger partial charge in [-0.2, -0.15) is 0 Å². The third kappa shape index (κ3) is 6.97. The van der Waals surface area contributed by atoms with Crippen LogP contribution in [0.25, 0.3) is 0 Å². The minimum absolute atomic E-state index is 0.742. The summed E-state index contributed by atoms with van der Waals surface area (Å²) in [6, 6.07) is 10.4. The van der Waals surface area contributed by atoms with Crippen LogP contribution < -0.4 is 16.4 Å². The molecular weight excluding hydrogens is 210 g/mol. The Bertz CT molecular complexity index is 241. The van der Waals surface area contributed by atoms with Gasteiger partial charge in [-0.15, -0.1) is 0 Å². The Balaban J connectivity index is 0.00000121. The van der Waals surface area contributed by atoms with Crippen molar-refractivity contribution >= 4 is 5.69 Å². The van der Waals surface area contributed by atoms with E-state index in [-0.39, 0.29) is 0 Å². The second kappa shape index (κ2) is 11.4. The monoisotopic (exact) mass is 237 g/mol. The van der Waals surface area contributed by atoms with Gasteiger partial charge in [0.25, 0.3) is 0 Å². The highest BCUT2D eigenvalue weighted by Gasteiger charge is 2.03. The number of nitrogens with two attached hydrogens (primary N) is 2. The van der Waals surface area contributed by atoms with Gasteiger partial charge >= 0.3 is 0 Å². The van der Waals surface area contributed by atoms with E-state index in [4.69, 9.17) is 11.5 Å². The van der Waals surface area contributed by atoms with E-state index in [0.717, 1.165) is 39.0 Å². The lowest BCUT2D eigenvalue weighted by Crippen LogP contribution is -2.28. The molecular formula is C14H27N3. The third-order valence-corrected chi connectivity index (χ3v) is 2.39. The summed E-state index contributed by atoms with van der Waals surface area (Å²) in [6.07, 6.45) is 2.05. The van der Waals surface area contributed by atoms with Gasteiger partial charge < -0.3 is 16.4 Å². The van der Waals surface area contributed by atoms with Crippen LogP contribution in [-0.4, -0.2) is 26.2 Å². The van der Waals surface area contributed by atoms with Crippen molar-refractivity contribution in [3.05, 3.63) is 30.3 Å². The summed E-state index contributed by atoms with van der Waals surface area (Å²) in [4.78, 5) is 2.35. The van der Waals surface area contributed by atoms with E-state index in [9.17, 15) is 0 Å². The second-order valence-corrected chi connectivity index (χ2v) is 3.61. The summed E-state index contributed by atoms with van der Waals surface area (Å²) < 4.78 is 0. The summed E-state index contributed by atoms with van der Waals surface area (Å²) in [5, 5.41) is 0. The highest BCUT2D eigenvalue weighted by atomic mass is 15.1. The molecule has 4 N–H and O–H groups in total. The zero-order valence-corrected chi connectivity index (χ0v) is 11.2. The van der Waals surface area contributed by atoms with Crippen LogP contribution in [0.1, 0.15) is 26.7 Å². The zero-order chi connectivity index (χ0) is 12.9. The summed E-state index contributed by atoms with van der Waals surface area (Å²) >= 11 is 0. The molecule has 3 heteroatoms. The third-order valence-electron chi connectivity index (χ3n) is 2.39. The van der Waals surface area contributed by atoms with Gasteiger partial charge in [0.2, 0.25) is 0 Å². The summed E-state index contributed by atoms with van der Waals surface area (Å²) in [5.41, 5.74) is 12.3. The van der Waals surface area contributed by atoms with Gasteiger partial charge in [-0.3, -0.25) is 0 Å². The van der Waals surface area contributed by atoms with Gasteiger partial charge in [0.15, 0.2) is 0 Å². The van der Waals surface area contributed by atoms with Gasteiger partial charge in [-0.1, -0.05) is 32.0 Å². The number of hydrogen-bond acceptors (Lipinski definition) is 3. The number of rotatable bonds is 7. The van der Waals surface area contributed by atoms with E-state index in [1.807, 2.05) is 19.9 Å². The van der Waals surface area contributed by atoms with Crippen molar-refractivity contribution in [2.75, 3.05) is 31.1 Å². The fourth-order valence-electron chi connectivity index (χ4n) is 1.57. The minimum Gasteiger partial charge on any atom is -0.371 e. The Morgan fingerprint density at radius 1 is 0.882 bits per heavy atom. The predicted molar refractivity (Wildman–Crippen MR) is 77.3 cm³/mol. The second-order valence-electron chi connectivity index (χ2n) is 3.61. The molecule has 17 heavy (non-hydrogen) atoms. The molecule has 0 radical (unpaired) electrons. The lowest BCUT2D eigenvalue weighted by Gasteiger charge is -2.24. The number of para-hydroxylation sites is 1. The Morgan fingerprint density at radius 3 is 1.76 bits per heavy atom. The molecule has 0 fully saturated rings. The van der Waals surface area contributed by atoms with Crippen molar-refractivity contribution in [1.29, 1.82) is 0 Å². The Hall–Kier alpha value is -1.06. The number of hydrogen-bond donors (Lipinski definition) is 2. The molecule has 3 nitrogen and oxygen atoms in total. The van der Waals surface area contributed by atoms with Crippen molar-refractivity contribution in [2.45, 2.75) is 26.7 Å². The van der Waals surface area contributed by atoms with Crippen molar-refractivity contribution in [3.8, 4) is 0 Å². The van der Waals surface area contributed by atoms with E-state index in [1.165, 1.54) is 5.69 Å². The Morgan fingerprint density at radius 2 is 1.35 bits per heavy atom. The van der Waals surface area contributed by atoms with Crippen LogP contribution in [0.15, 0.2) is 30.3 Å². The Labute approximate surface area is 106 Å². The molecule has 0 saturated carbocycles. The van der Waals surface area contributed by atoms with E-state index in [0.29, 0.717) is 0 Å². The SMILES string of the molecule is CC.NCCCN(CCCN)c1ccccc1. The molecule has 1 aromatic rings. The van der Waals surface area contributed by atoms with Crippen LogP contribution in [0.5, 0.6) is 0 Å². The molecule has 98 valence electrons. The first-order valence-corrected chi connectivity index (χ1v) is 6.58. The average molecular weight is 237 g/mol. The first kappa shape index (κ1) is 15.9. The molecule has 0 saturated heterocycles. The summed E-state index contributed by atoms with van der Waals surface area (Å²) in [7, 11) is 0. The average Bonchev–Trinajstić information content (AvgIpc) is 2.42. The van der Waals surface area contributed by atoms with Crippen LogP contribution in [0.3, 0.4) is 0 Å². The fourth-order valence-corrected chi connectivity index (χ4v) is 1.57. The van der Waals surface area contributed by atoms with Crippen LogP contribution in [0.2, 0.25) is 0 Å². The Kier molecular flexibility index (Phi) is 10.7. The lowest BCUT2D eigenvalue weighted by molar-refractivity contribution is 0.702. The van der Waals surface area contributed by atoms with Crippen LogP contribution in [-0.2, 0) is 0 Å². The van der Waals surface area contributed by atoms with Gasteiger partial charge in [-0.25, -0.2) is 0 Å². The molecule has 1 aromatic carbocycles. The van der Waals surface area contributed by atoms with Crippen molar-refractivity contribution < 1.29 is 0 Å². The smallest absolute Gasteiger partial charge is 0.0366 e. The fraction of sp³-hybridized carbons (Fsp3) is 0.571. The molecule has 0 atom stereocenters. The van der Waals surface area contributed by atoms with E-state index < -0.39 is 0 Å².